The van der Waals surface area contributed by atoms with E-state index in [0.29, 0.717) is 0 Å². The molecule has 0 spiro atoms. The number of aliphatic hydroxyl groups is 1. The summed E-state index contributed by atoms with van der Waals surface area (Å²) in [6.45, 7) is 0. The van der Waals surface area contributed by atoms with Crippen LogP contribution in [0.3, 0.4) is 0 Å². The molecule has 0 rings (SSSR count). The quantitative estimate of drug-likeness (QED) is 0.143. The van der Waals surface area contributed by atoms with Crippen LogP contribution in [-0.4, -0.2) is 77.8 Å². The summed E-state index contributed by atoms with van der Waals surface area (Å²) < 4.78 is 34.1. The number of carboxylic acid groups (broad SMARTS) is 5. The first-order valence-corrected chi connectivity index (χ1v) is 5.82. The molecular formula is C7H10Na2O14S. The predicted octanol–water partition coefficient (Wildman–Crippen LogP) is -8.36. The van der Waals surface area contributed by atoms with Crippen molar-refractivity contribution < 1.29 is 126 Å². The van der Waals surface area contributed by atoms with Gasteiger partial charge >= 0.3 is 83.2 Å². The molecule has 0 aliphatic heterocycles. The maximum absolute atomic E-state index is 10.3. The van der Waals surface area contributed by atoms with Gasteiger partial charge in [-0.15, -0.1) is 0 Å². The van der Waals surface area contributed by atoms with Gasteiger partial charge in [-0.25, -0.2) is 9.59 Å². The van der Waals surface area contributed by atoms with Crippen LogP contribution in [0.15, 0.2) is 0 Å². The van der Waals surface area contributed by atoms with Crippen molar-refractivity contribution in [3.8, 4) is 0 Å². The summed E-state index contributed by atoms with van der Waals surface area (Å²) in [5.41, 5.74) is -2.74. The van der Waals surface area contributed by atoms with Crippen LogP contribution in [0.1, 0.15) is 12.8 Å². The van der Waals surface area contributed by atoms with Crippen molar-refractivity contribution >= 4 is 34.5 Å². The first-order valence-electron chi connectivity index (χ1n) is 4.49. The molecule has 0 atom stereocenters. The Bertz CT molecular complexity index is 485. The smallest absolute Gasteiger partial charge is 0.759 e. The van der Waals surface area contributed by atoms with E-state index in [-0.39, 0.29) is 59.1 Å². The van der Waals surface area contributed by atoms with E-state index in [1.54, 1.807) is 0 Å². The molecule has 0 unspecified atom stereocenters. The number of hydrogen-bond acceptors (Lipinski definition) is 9. The van der Waals surface area contributed by atoms with E-state index in [1.807, 2.05) is 0 Å². The van der Waals surface area contributed by atoms with Crippen LogP contribution < -0.4 is 59.1 Å². The zero-order valence-corrected chi connectivity index (χ0v) is 17.1. The van der Waals surface area contributed by atoms with Crippen molar-refractivity contribution in [2.45, 2.75) is 18.4 Å². The fourth-order valence-corrected chi connectivity index (χ4v) is 0.714. The Labute approximate surface area is 178 Å². The Morgan fingerprint density at radius 3 is 1.04 bits per heavy atom. The van der Waals surface area contributed by atoms with Gasteiger partial charge in [-0.1, -0.05) is 0 Å². The molecule has 0 aliphatic carbocycles. The van der Waals surface area contributed by atoms with Gasteiger partial charge < -0.3 is 39.7 Å². The van der Waals surface area contributed by atoms with Crippen molar-refractivity contribution in [3.63, 3.8) is 0 Å². The summed E-state index contributed by atoms with van der Waals surface area (Å²) in [7, 11) is -5.17. The fraction of sp³-hybridized carbons (Fsp3) is 0.429. The third-order valence-corrected chi connectivity index (χ3v) is 1.29. The number of hydrogen-bond donors (Lipinski definition) is 6. The number of carboxylic acids is 3. The van der Waals surface area contributed by atoms with Gasteiger partial charge in [0.05, 0.1) is 12.8 Å². The number of rotatable bonds is 5. The van der Waals surface area contributed by atoms with E-state index in [2.05, 4.69) is 0 Å². The third-order valence-electron chi connectivity index (χ3n) is 1.29. The van der Waals surface area contributed by atoms with Crippen LogP contribution in [0.2, 0.25) is 0 Å². The van der Waals surface area contributed by atoms with Crippen molar-refractivity contribution in [2.24, 2.45) is 0 Å². The summed E-state index contributed by atoms with van der Waals surface area (Å²) >= 11 is 0. The van der Waals surface area contributed by atoms with Gasteiger partial charge in [0.15, 0.2) is 5.60 Å². The molecule has 0 heterocycles. The molecule has 0 fully saturated rings. The molecule has 0 bridgehead atoms. The van der Waals surface area contributed by atoms with Gasteiger partial charge in [-0.3, -0.25) is 18.0 Å². The van der Waals surface area contributed by atoms with Crippen LogP contribution in [0.25, 0.3) is 0 Å². The molecule has 6 N–H and O–H groups in total. The van der Waals surface area contributed by atoms with Crippen LogP contribution in [-0.2, 0) is 24.8 Å². The minimum atomic E-state index is -5.17. The fourth-order valence-electron chi connectivity index (χ4n) is 0.714. The van der Waals surface area contributed by atoms with Gasteiger partial charge in [0.25, 0.3) is 0 Å². The molecule has 24 heavy (non-hydrogen) atoms. The molecule has 14 nitrogen and oxygen atoms in total. The molecule has 17 heteroatoms. The molecule has 130 valence electrons. The molecule has 0 amide bonds. The Kier molecular flexibility index (Phi) is 23.2. The van der Waals surface area contributed by atoms with E-state index < -0.39 is 52.9 Å². The molecule has 0 radical (unpaired) electrons. The Hall–Kier alpha value is -0.490. The summed E-state index contributed by atoms with van der Waals surface area (Å²) in [6.07, 6.45) is -4.12. The SMILES string of the molecule is O=C(O)CC(O)(CC(=O)O)C(=O)O.O=C(O)O.O=S(=O)([O-])[O-].[Na+].[Na+]. The minimum Gasteiger partial charge on any atom is -0.759 e. The maximum Gasteiger partial charge on any atom is 1.00 e. The zero-order chi connectivity index (χ0) is 18.7. The minimum absolute atomic E-state index is 0. The topological polar surface area (TPSA) is 270 Å². The maximum atomic E-state index is 10.3. The van der Waals surface area contributed by atoms with E-state index >= 15 is 0 Å². The first kappa shape index (κ1) is 34.8. The van der Waals surface area contributed by atoms with Crippen LogP contribution in [0.4, 0.5) is 4.79 Å². The van der Waals surface area contributed by atoms with Crippen molar-refractivity contribution in [1.29, 1.82) is 0 Å². The van der Waals surface area contributed by atoms with E-state index in [1.165, 1.54) is 0 Å². The van der Waals surface area contributed by atoms with Crippen molar-refractivity contribution in [3.05, 3.63) is 0 Å². The van der Waals surface area contributed by atoms with Gasteiger partial charge in [-0.2, -0.15) is 0 Å². The first-order chi connectivity index (χ1) is 9.51. The molecule has 0 aromatic rings. The van der Waals surface area contributed by atoms with E-state index in [4.69, 9.17) is 53.0 Å². The summed E-state index contributed by atoms with van der Waals surface area (Å²) in [6, 6.07) is 0. The van der Waals surface area contributed by atoms with E-state index in [9.17, 15) is 14.4 Å². The molecule has 0 aromatic heterocycles. The number of aliphatic carboxylic acids is 3. The molecule has 0 aliphatic rings. The average Bonchev–Trinajstić information content (AvgIpc) is 2.09. The van der Waals surface area contributed by atoms with Gasteiger partial charge in [0.2, 0.25) is 0 Å². The standard InChI is InChI=1S/C6H8O7.CH2O3.2Na.H2O4S/c7-3(8)1-6(13,5(11)12)2-4(9)10;2-1(3)4;;;1-5(2,3)4/h13H,1-2H2,(H,7,8)(H,9,10)(H,11,12);(H2,2,3,4);;;(H2,1,2,3,4)/q;;2*+1;/p-2. The van der Waals surface area contributed by atoms with Gasteiger partial charge in [0.1, 0.15) is 0 Å². The Balaban J connectivity index is -0.0000000919. The van der Waals surface area contributed by atoms with Crippen molar-refractivity contribution in [2.75, 3.05) is 0 Å². The predicted molar refractivity (Wildman–Crippen MR) is 58.2 cm³/mol. The second-order valence-corrected chi connectivity index (χ2v) is 3.99. The average molecular weight is 396 g/mol. The Morgan fingerprint density at radius 1 is 0.792 bits per heavy atom. The van der Waals surface area contributed by atoms with Crippen molar-refractivity contribution in [1.82, 2.24) is 0 Å². The summed E-state index contributed by atoms with van der Waals surface area (Å²) in [4.78, 5) is 39.0. The largest absolute Gasteiger partial charge is 1.00 e. The van der Waals surface area contributed by atoms with Gasteiger partial charge in [0, 0.05) is 10.4 Å². The molecular weight excluding hydrogens is 386 g/mol. The summed E-state index contributed by atoms with van der Waals surface area (Å²) in [5, 5.41) is 47.8. The molecule has 0 saturated heterocycles. The summed E-state index contributed by atoms with van der Waals surface area (Å²) in [5.74, 6) is -5.02. The second-order valence-electron chi connectivity index (χ2n) is 3.17. The Morgan fingerprint density at radius 2 is 0.958 bits per heavy atom. The van der Waals surface area contributed by atoms with E-state index in [0.717, 1.165) is 0 Å². The zero-order valence-electron chi connectivity index (χ0n) is 12.3. The monoisotopic (exact) mass is 396 g/mol. The third kappa shape index (κ3) is 37.6. The molecule has 0 aromatic carbocycles. The molecule has 0 saturated carbocycles. The van der Waals surface area contributed by atoms with Crippen LogP contribution in [0.5, 0.6) is 0 Å². The number of carbonyl (C=O) groups is 4. The second kappa shape index (κ2) is 16.0. The van der Waals surface area contributed by atoms with Crippen LogP contribution >= 0.6 is 0 Å². The van der Waals surface area contributed by atoms with Gasteiger partial charge in [-0.05, 0) is 0 Å². The van der Waals surface area contributed by atoms with Crippen LogP contribution in [0, 0.1) is 0 Å². The normalized spacial score (nSPS) is 9.29.